The lowest BCUT2D eigenvalue weighted by Crippen LogP contribution is -2.44. The molecule has 1 heterocycles. The first-order chi connectivity index (χ1) is 8.65. The molecule has 1 saturated carbocycles. The van der Waals surface area contributed by atoms with Crippen LogP contribution in [-0.2, 0) is 0 Å². The summed E-state index contributed by atoms with van der Waals surface area (Å²) in [5.41, 5.74) is 6.64. The predicted molar refractivity (Wildman–Crippen MR) is 93.1 cm³/mol. The van der Waals surface area contributed by atoms with Crippen LogP contribution in [0.2, 0.25) is 0 Å². The molecule has 1 aliphatic carbocycles. The summed E-state index contributed by atoms with van der Waals surface area (Å²) < 4.78 is 0. The second-order valence-corrected chi connectivity index (χ2v) is 6.43. The highest BCUT2D eigenvalue weighted by molar-refractivity contribution is 14.0. The minimum Gasteiger partial charge on any atom is -0.370 e. The lowest BCUT2D eigenvalue weighted by molar-refractivity contribution is 0.264. The molecule has 1 aliphatic heterocycles. The first kappa shape index (κ1) is 17.1. The fourth-order valence-corrected chi connectivity index (χ4v) is 3.49. The van der Waals surface area contributed by atoms with Crippen LogP contribution in [0.5, 0.6) is 0 Å². The molecule has 0 bridgehead atoms. The summed E-state index contributed by atoms with van der Waals surface area (Å²) in [5.74, 6) is 1.56. The van der Waals surface area contributed by atoms with Gasteiger partial charge in [0.1, 0.15) is 0 Å². The minimum atomic E-state index is 0. The van der Waals surface area contributed by atoms with Gasteiger partial charge in [-0.2, -0.15) is 0 Å². The van der Waals surface area contributed by atoms with Gasteiger partial charge in [-0.25, -0.2) is 0 Å². The van der Waals surface area contributed by atoms with E-state index in [0.29, 0.717) is 5.41 Å². The molecule has 2 rings (SSSR count). The molecule has 0 radical (unpaired) electrons. The number of piperidine rings is 1. The van der Waals surface area contributed by atoms with Crippen molar-refractivity contribution in [1.29, 1.82) is 0 Å². The van der Waals surface area contributed by atoms with Crippen LogP contribution in [0.3, 0.4) is 0 Å². The van der Waals surface area contributed by atoms with Gasteiger partial charge in [0.25, 0.3) is 0 Å². The first-order valence-corrected chi connectivity index (χ1v) is 7.70. The van der Waals surface area contributed by atoms with Crippen LogP contribution in [0.15, 0.2) is 4.99 Å². The normalized spacial score (nSPS) is 27.2. The molecule has 1 unspecified atom stereocenters. The van der Waals surface area contributed by atoms with Gasteiger partial charge in [0.15, 0.2) is 5.96 Å². The molecule has 0 aromatic rings. The highest BCUT2D eigenvalue weighted by Crippen LogP contribution is 2.41. The van der Waals surface area contributed by atoms with Crippen LogP contribution in [0.1, 0.15) is 58.8 Å². The molecule has 0 aromatic heterocycles. The second-order valence-electron chi connectivity index (χ2n) is 6.43. The van der Waals surface area contributed by atoms with Crippen molar-refractivity contribution in [1.82, 2.24) is 4.90 Å². The van der Waals surface area contributed by atoms with E-state index >= 15 is 0 Å². The van der Waals surface area contributed by atoms with Gasteiger partial charge >= 0.3 is 0 Å². The Hall–Kier alpha value is 0. The summed E-state index contributed by atoms with van der Waals surface area (Å²) in [4.78, 5) is 7.01. The third-order valence-corrected chi connectivity index (χ3v) is 4.97. The van der Waals surface area contributed by atoms with Gasteiger partial charge < -0.3 is 10.6 Å². The number of likely N-dealkylation sites (tertiary alicyclic amines) is 1. The van der Waals surface area contributed by atoms with E-state index in [0.717, 1.165) is 31.5 Å². The third-order valence-electron chi connectivity index (χ3n) is 4.97. The number of nitrogens with two attached hydrogens (primary N) is 1. The van der Waals surface area contributed by atoms with Gasteiger partial charge in [-0.3, -0.25) is 4.99 Å². The Balaban J connectivity index is 0.00000180. The van der Waals surface area contributed by atoms with Crippen molar-refractivity contribution in [3.05, 3.63) is 0 Å². The summed E-state index contributed by atoms with van der Waals surface area (Å²) >= 11 is 0. The molecule has 2 fully saturated rings. The van der Waals surface area contributed by atoms with Gasteiger partial charge in [0, 0.05) is 19.6 Å². The second kappa shape index (κ2) is 7.70. The van der Waals surface area contributed by atoms with Crippen LogP contribution in [-0.4, -0.2) is 30.5 Å². The lowest BCUT2D eigenvalue weighted by atomic mass is 9.83. The fraction of sp³-hybridized carbons (Fsp3) is 0.933. The topological polar surface area (TPSA) is 41.6 Å². The van der Waals surface area contributed by atoms with Gasteiger partial charge in [-0.1, -0.05) is 26.7 Å². The van der Waals surface area contributed by atoms with Crippen molar-refractivity contribution in [2.24, 2.45) is 22.1 Å². The van der Waals surface area contributed by atoms with Crippen LogP contribution in [0.25, 0.3) is 0 Å². The quantitative estimate of drug-likeness (QED) is 0.462. The van der Waals surface area contributed by atoms with Crippen molar-refractivity contribution < 1.29 is 0 Å². The van der Waals surface area contributed by atoms with E-state index in [1.165, 1.54) is 44.9 Å². The molecule has 112 valence electrons. The van der Waals surface area contributed by atoms with E-state index in [1.54, 1.807) is 0 Å². The molecule has 0 spiro atoms. The molecular weight excluding hydrogens is 349 g/mol. The van der Waals surface area contributed by atoms with Crippen LogP contribution in [0.4, 0.5) is 0 Å². The number of aliphatic imine (C=N–C) groups is 1. The number of hydrogen-bond donors (Lipinski definition) is 1. The van der Waals surface area contributed by atoms with Crippen LogP contribution >= 0.6 is 24.0 Å². The predicted octanol–water partition coefficient (Wildman–Crippen LogP) is 3.62. The molecule has 1 saturated heterocycles. The highest BCUT2D eigenvalue weighted by atomic mass is 127. The molecular formula is C15H30IN3. The largest absolute Gasteiger partial charge is 0.370 e. The zero-order valence-corrected chi connectivity index (χ0v) is 14.9. The maximum Gasteiger partial charge on any atom is 0.191 e. The monoisotopic (exact) mass is 379 g/mol. The minimum absolute atomic E-state index is 0. The molecule has 0 amide bonds. The summed E-state index contributed by atoms with van der Waals surface area (Å²) in [6.45, 7) is 7.75. The Morgan fingerprint density at radius 1 is 1.32 bits per heavy atom. The molecule has 19 heavy (non-hydrogen) atoms. The van der Waals surface area contributed by atoms with Crippen molar-refractivity contribution in [3.63, 3.8) is 0 Å². The van der Waals surface area contributed by atoms with Gasteiger partial charge in [-0.15, -0.1) is 24.0 Å². The average Bonchev–Trinajstić information content (AvgIpc) is 2.85. The molecule has 1 atom stereocenters. The van der Waals surface area contributed by atoms with E-state index in [-0.39, 0.29) is 24.0 Å². The maximum atomic E-state index is 6.18. The summed E-state index contributed by atoms with van der Waals surface area (Å²) in [6.07, 6.45) is 9.29. The molecule has 2 aliphatic rings. The molecule has 0 aromatic carbocycles. The summed E-state index contributed by atoms with van der Waals surface area (Å²) in [5, 5.41) is 0. The summed E-state index contributed by atoms with van der Waals surface area (Å²) in [6, 6.07) is 0. The summed E-state index contributed by atoms with van der Waals surface area (Å²) in [7, 11) is 0. The Morgan fingerprint density at radius 3 is 2.58 bits per heavy atom. The van der Waals surface area contributed by atoms with E-state index in [1.807, 2.05) is 0 Å². The Bertz CT molecular complexity index is 298. The zero-order chi connectivity index (χ0) is 13.0. The van der Waals surface area contributed by atoms with E-state index in [2.05, 4.69) is 18.7 Å². The first-order valence-electron chi connectivity index (χ1n) is 7.70. The standard InChI is InChI=1S/C15H29N3.HI/c1-3-15(8-4-5-9-15)12-17-14(16)18-10-6-7-13(2)11-18;/h13H,3-12H2,1-2H3,(H2,16,17);1H. The highest BCUT2D eigenvalue weighted by Gasteiger charge is 2.32. The van der Waals surface area contributed by atoms with Crippen molar-refractivity contribution in [2.75, 3.05) is 19.6 Å². The zero-order valence-electron chi connectivity index (χ0n) is 12.5. The fourth-order valence-electron chi connectivity index (χ4n) is 3.49. The van der Waals surface area contributed by atoms with Gasteiger partial charge in [0.2, 0.25) is 0 Å². The number of rotatable bonds is 3. The average molecular weight is 379 g/mol. The Kier molecular flexibility index (Phi) is 6.91. The van der Waals surface area contributed by atoms with Crippen molar-refractivity contribution >= 4 is 29.9 Å². The lowest BCUT2D eigenvalue weighted by Gasteiger charge is -2.32. The number of nitrogens with zero attached hydrogens (tertiary/aromatic N) is 2. The van der Waals surface area contributed by atoms with E-state index in [9.17, 15) is 0 Å². The van der Waals surface area contributed by atoms with Crippen molar-refractivity contribution in [3.8, 4) is 0 Å². The van der Waals surface area contributed by atoms with E-state index < -0.39 is 0 Å². The molecule has 3 nitrogen and oxygen atoms in total. The van der Waals surface area contributed by atoms with E-state index in [4.69, 9.17) is 10.7 Å². The Morgan fingerprint density at radius 2 is 2.00 bits per heavy atom. The molecule has 4 heteroatoms. The SMILES string of the molecule is CCC1(CN=C(N)N2CCCC(C)C2)CCCC1.I. The van der Waals surface area contributed by atoms with Gasteiger partial charge in [0.05, 0.1) is 0 Å². The van der Waals surface area contributed by atoms with Crippen molar-refractivity contribution in [2.45, 2.75) is 58.8 Å². The Labute approximate surface area is 135 Å². The maximum absolute atomic E-state index is 6.18. The number of halogens is 1. The smallest absolute Gasteiger partial charge is 0.191 e. The van der Waals surface area contributed by atoms with Crippen LogP contribution in [0, 0.1) is 11.3 Å². The molecule has 2 N–H and O–H groups in total. The third kappa shape index (κ3) is 4.50. The van der Waals surface area contributed by atoms with Gasteiger partial charge in [-0.05, 0) is 43.4 Å². The van der Waals surface area contributed by atoms with Crippen LogP contribution < -0.4 is 5.73 Å². The number of guanidine groups is 1. The number of hydrogen-bond acceptors (Lipinski definition) is 1.